The van der Waals surface area contributed by atoms with Gasteiger partial charge in [0.1, 0.15) is 11.8 Å². The molecular weight excluding hydrogens is 207 g/mol. The summed E-state index contributed by atoms with van der Waals surface area (Å²) in [7, 11) is 1.61. The summed E-state index contributed by atoms with van der Waals surface area (Å²) in [5, 5.41) is 6.91. The summed E-state index contributed by atoms with van der Waals surface area (Å²) < 4.78 is 37.2. The fourth-order valence-electron chi connectivity index (χ4n) is 1.21. The van der Waals surface area contributed by atoms with Gasteiger partial charge in [0.15, 0.2) is 0 Å². The van der Waals surface area contributed by atoms with Crippen molar-refractivity contribution in [2.24, 2.45) is 11.7 Å². The average Bonchev–Trinajstić information content (AvgIpc) is 2.08. The monoisotopic (exact) mass is 225 g/mol. The topological polar surface area (TPSA) is 53.1 Å². The maximum absolute atomic E-state index is 12.4. The van der Waals surface area contributed by atoms with E-state index in [1.807, 2.05) is 6.92 Å². The number of nitrogens with zero attached hydrogens (tertiary/aromatic N) is 1. The third-order valence-electron chi connectivity index (χ3n) is 2.16. The van der Waals surface area contributed by atoms with Crippen LogP contribution < -0.4 is 5.73 Å². The molecule has 0 aliphatic carbocycles. The number of nitrogens with one attached hydrogen (secondary N) is 1. The lowest BCUT2D eigenvalue weighted by atomic mass is 10.1. The van der Waals surface area contributed by atoms with E-state index in [1.165, 1.54) is 0 Å². The summed E-state index contributed by atoms with van der Waals surface area (Å²) in [4.78, 5) is 1.56. The molecule has 6 heteroatoms. The molecule has 0 saturated heterocycles. The largest absolute Gasteiger partial charge is 0.399 e. The maximum atomic E-state index is 12.4. The lowest BCUT2D eigenvalue weighted by Crippen LogP contribution is -2.43. The summed E-state index contributed by atoms with van der Waals surface area (Å²) in [5.41, 5.74) is 4.94. The number of halogens is 3. The Hall–Kier alpha value is -0.780. The Morgan fingerprint density at radius 2 is 2.00 bits per heavy atom. The van der Waals surface area contributed by atoms with Crippen LogP contribution in [0.4, 0.5) is 13.2 Å². The third kappa shape index (κ3) is 5.61. The smallest absolute Gasteiger partial charge is 0.387 e. The van der Waals surface area contributed by atoms with Gasteiger partial charge in [-0.15, -0.1) is 0 Å². The number of nitrogens with two attached hydrogens (primary N) is 1. The van der Waals surface area contributed by atoms with Gasteiger partial charge in [-0.2, -0.15) is 13.2 Å². The SMILES string of the molecule is CCCCN(C)CC(C(=N)N)C(F)(F)F. The number of hydrogen-bond acceptors (Lipinski definition) is 2. The molecule has 0 fully saturated rings. The van der Waals surface area contributed by atoms with Crippen LogP contribution in [0, 0.1) is 11.3 Å². The first kappa shape index (κ1) is 14.2. The molecular formula is C9H18F3N3. The second-order valence-corrected chi connectivity index (χ2v) is 3.67. The van der Waals surface area contributed by atoms with Gasteiger partial charge in [0, 0.05) is 6.54 Å². The number of unbranched alkanes of at least 4 members (excludes halogenated alkanes) is 1. The molecule has 1 atom stereocenters. The van der Waals surface area contributed by atoms with E-state index >= 15 is 0 Å². The van der Waals surface area contributed by atoms with Crippen LogP contribution in [0.1, 0.15) is 19.8 Å². The lowest BCUT2D eigenvalue weighted by molar-refractivity contribution is -0.159. The highest BCUT2D eigenvalue weighted by Gasteiger charge is 2.42. The van der Waals surface area contributed by atoms with E-state index in [4.69, 9.17) is 11.1 Å². The summed E-state index contributed by atoms with van der Waals surface area (Å²) in [5.74, 6) is -2.66. The molecule has 0 amide bonds. The van der Waals surface area contributed by atoms with Crippen molar-refractivity contribution < 1.29 is 13.2 Å². The molecule has 15 heavy (non-hydrogen) atoms. The normalized spacial score (nSPS) is 14.3. The van der Waals surface area contributed by atoms with Crippen LogP contribution in [0.5, 0.6) is 0 Å². The van der Waals surface area contributed by atoms with Crippen molar-refractivity contribution in [3.05, 3.63) is 0 Å². The van der Waals surface area contributed by atoms with E-state index in [-0.39, 0.29) is 6.54 Å². The summed E-state index contributed by atoms with van der Waals surface area (Å²) in [6, 6.07) is 0. The van der Waals surface area contributed by atoms with Crippen molar-refractivity contribution in [2.45, 2.75) is 25.9 Å². The van der Waals surface area contributed by atoms with Crippen molar-refractivity contribution in [2.75, 3.05) is 20.1 Å². The molecule has 0 bridgehead atoms. The van der Waals surface area contributed by atoms with Gasteiger partial charge >= 0.3 is 6.18 Å². The minimum Gasteiger partial charge on any atom is -0.387 e. The van der Waals surface area contributed by atoms with Crippen molar-refractivity contribution in [1.29, 1.82) is 5.41 Å². The van der Waals surface area contributed by atoms with Gasteiger partial charge in [-0.3, -0.25) is 5.41 Å². The van der Waals surface area contributed by atoms with Crippen molar-refractivity contribution in [3.8, 4) is 0 Å². The average molecular weight is 225 g/mol. The van der Waals surface area contributed by atoms with Crippen LogP contribution in [0.15, 0.2) is 0 Å². The molecule has 90 valence electrons. The molecule has 0 aromatic carbocycles. The third-order valence-corrected chi connectivity index (χ3v) is 2.16. The molecule has 0 aliphatic heterocycles. The van der Waals surface area contributed by atoms with Gasteiger partial charge in [0.25, 0.3) is 0 Å². The Morgan fingerprint density at radius 1 is 1.47 bits per heavy atom. The molecule has 0 aromatic rings. The van der Waals surface area contributed by atoms with Crippen LogP contribution >= 0.6 is 0 Å². The Balaban J connectivity index is 4.24. The van der Waals surface area contributed by atoms with Crippen LogP contribution in [0.2, 0.25) is 0 Å². The minimum absolute atomic E-state index is 0.237. The predicted octanol–water partition coefficient (Wildman–Crippen LogP) is 1.83. The van der Waals surface area contributed by atoms with Gasteiger partial charge in [-0.05, 0) is 20.0 Å². The molecule has 1 unspecified atom stereocenters. The molecule has 0 spiro atoms. The second kappa shape index (κ2) is 5.95. The minimum atomic E-state index is -4.42. The van der Waals surface area contributed by atoms with E-state index in [2.05, 4.69) is 0 Å². The first-order valence-corrected chi connectivity index (χ1v) is 4.88. The molecule has 3 N–H and O–H groups in total. The van der Waals surface area contributed by atoms with Crippen LogP contribution in [-0.2, 0) is 0 Å². The summed E-state index contributed by atoms with van der Waals surface area (Å²) >= 11 is 0. The van der Waals surface area contributed by atoms with Gasteiger partial charge in [-0.1, -0.05) is 13.3 Å². The van der Waals surface area contributed by atoms with E-state index in [0.29, 0.717) is 6.54 Å². The molecule has 0 aliphatic rings. The number of amidine groups is 1. The summed E-state index contributed by atoms with van der Waals surface area (Å²) in [6.07, 6.45) is -2.65. The maximum Gasteiger partial charge on any atom is 0.399 e. The highest BCUT2D eigenvalue weighted by molar-refractivity contribution is 5.80. The molecule has 0 rings (SSSR count). The number of alkyl halides is 3. The Labute approximate surface area is 87.9 Å². The number of rotatable bonds is 6. The zero-order valence-corrected chi connectivity index (χ0v) is 9.06. The molecule has 3 nitrogen and oxygen atoms in total. The Bertz CT molecular complexity index is 203. The lowest BCUT2D eigenvalue weighted by Gasteiger charge is -2.24. The van der Waals surface area contributed by atoms with Gasteiger partial charge in [0.05, 0.1) is 0 Å². The zero-order chi connectivity index (χ0) is 12.1. The van der Waals surface area contributed by atoms with E-state index in [1.54, 1.807) is 11.9 Å². The van der Waals surface area contributed by atoms with Crippen LogP contribution in [0.3, 0.4) is 0 Å². The Kier molecular flexibility index (Phi) is 5.64. The second-order valence-electron chi connectivity index (χ2n) is 3.67. The van der Waals surface area contributed by atoms with E-state index in [0.717, 1.165) is 12.8 Å². The molecule has 0 radical (unpaired) electrons. The standard InChI is InChI=1S/C9H18F3N3/c1-3-4-5-15(2)6-7(8(13)14)9(10,11)12/h7H,3-6H2,1-2H3,(H3,13,14). The molecule has 0 heterocycles. The van der Waals surface area contributed by atoms with Gasteiger partial charge < -0.3 is 10.6 Å². The predicted molar refractivity (Wildman–Crippen MR) is 53.9 cm³/mol. The summed E-state index contributed by atoms with van der Waals surface area (Å²) in [6.45, 7) is 2.33. The first-order valence-electron chi connectivity index (χ1n) is 4.88. The van der Waals surface area contributed by atoms with E-state index < -0.39 is 17.9 Å². The fourth-order valence-corrected chi connectivity index (χ4v) is 1.21. The molecule has 0 aromatic heterocycles. The highest BCUT2D eigenvalue weighted by atomic mass is 19.4. The first-order chi connectivity index (χ1) is 6.79. The number of hydrogen-bond donors (Lipinski definition) is 2. The Morgan fingerprint density at radius 3 is 2.33 bits per heavy atom. The van der Waals surface area contributed by atoms with Gasteiger partial charge in [0.2, 0.25) is 0 Å². The van der Waals surface area contributed by atoms with Crippen molar-refractivity contribution in [3.63, 3.8) is 0 Å². The quantitative estimate of drug-likeness (QED) is 0.535. The molecule has 0 saturated carbocycles. The van der Waals surface area contributed by atoms with Gasteiger partial charge in [-0.25, -0.2) is 0 Å². The van der Waals surface area contributed by atoms with Crippen molar-refractivity contribution >= 4 is 5.84 Å². The fraction of sp³-hybridized carbons (Fsp3) is 0.889. The highest BCUT2D eigenvalue weighted by Crippen LogP contribution is 2.26. The van der Waals surface area contributed by atoms with Crippen molar-refractivity contribution in [1.82, 2.24) is 4.90 Å². The van der Waals surface area contributed by atoms with Crippen LogP contribution in [-0.4, -0.2) is 37.0 Å². The van der Waals surface area contributed by atoms with E-state index in [9.17, 15) is 13.2 Å². The van der Waals surface area contributed by atoms with Crippen LogP contribution in [0.25, 0.3) is 0 Å². The zero-order valence-electron chi connectivity index (χ0n) is 9.06.